The summed E-state index contributed by atoms with van der Waals surface area (Å²) in [5.74, 6) is 0.0664. The first-order chi connectivity index (χ1) is 10.3. The number of rotatable bonds is 3. The van der Waals surface area contributed by atoms with Gasteiger partial charge >= 0.3 is 6.18 Å². The van der Waals surface area contributed by atoms with Gasteiger partial charge in [-0.1, -0.05) is 12.2 Å². The van der Waals surface area contributed by atoms with Crippen LogP contribution in [-0.4, -0.2) is 18.3 Å². The minimum Gasteiger partial charge on any atom is -0.494 e. The van der Waals surface area contributed by atoms with Crippen molar-refractivity contribution in [1.29, 1.82) is 0 Å². The monoisotopic (exact) mass is 314 g/mol. The number of nitrogen functional groups attached to an aromatic ring is 1. The number of ether oxygens (including phenoxy) is 1. The fraction of sp³-hybridized carbons (Fsp3) is 0.562. The second kappa shape index (κ2) is 6.58. The number of halogens is 3. The van der Waals surface area contributed by atoms with E-state index in [1.807, 2.05) is 12.2 Å². The molecule has 1 aliphatic rings. The maximum atomic E-state index is 12.7. The number of aryl methyl sites for hydroxylation is 1. The van der Waals surface area contributed by atoms with Gasteiger partial charge in [0.2, 0.25) is 0 Å². The van der Waals surface area contributed by atoms with Gasteiger partial charge in [0.05, 0.1) is 18.7 Å². The van der Waals surface area contributed by atoms with Gasteiger partial charge in [0.1, 0.15) is 11.6 Å². The van der Waals surface area contributed by atoms with E-state index < -0.39 is 12.1 Å². The molecular formula is C16H21F3N2O. The minimum absolute atomic E-state index is 0.165. The summed E-state index contributed by atoms with van der Waals surface area (Å²) >= 11 is 0. The van der Waals surface area contributed by atoms with Crippen LogP contribution in [0, 0.1) is 18.8 Å². The third-order valence-electron chi connectivity index (χ3n) is 4.18. The summed E-state index contributed by atoms with van der Waals surface area (Å²) in [6.45, 7) is 1.81. The van der Waals surface area contributed by atoms with Gasteiger partial charge in [-0.05, 0) is 44.6 Å². The lowest BCUT2D eigenvalue weighted by atomic mass is 9.81. The van der Waals surface area contributed by atoms with E-state index in [9.17, 15) is 13.2 Å². The van der Waals surface area contributed by atoms with Crippen molar-refractivity contribution in [1.82, 2.24) is 4.98 Å². The third kappa shape index (κ3) is 3.93. The predicted molar refractivity (Wildman–Crippen MR) is 80.5 cm³/mol. The Kier molecular flexibility index (Phi) is 4.98. The Morgan fingerprint density at radius 1 is 1.27 bits per heavy atom. The first-order valence-corrected chi connectivity index (χ1v) is 7.37. The van der Waals surface area contributed by atoms with Crippen molar-refractivity contribution in [2.24, 2.45) is 11.8 Å². The molecule has 22 heavy (non-hydrogen) atoms. The Labute approximate surface area is 128 Å². The third-order valence-corrected chi connectivity index (χ3v) is 4.18. The van der Waals surface area contributed by atoms with Crippen molar-refractivity contribution in [3.05, 3.63) is 23.4 Å². The van der Waals surface area contributed by atoms with Crippen LogP contribution in [0.15, 0.2) is 12.1 Å². The standard InChI is InChI=1S/C16H21F3N2O/c1-10-15(22-2)12(9-14(20)21-10)6-3-11-4-7-13(8-5-11)16(17,18)19/h3,6,9,11,13H,4-5,7-8H2,1-2H3,(H2,20,21)/b6-3+. The number of aromatic nitrogens is 1. The highest BCUT2D eigenvalue weighted by Gasteiger charge is 2.40. The lowest BCUT2D eigenvalue weighted by molar-refractivity contribution is -0.183. The number of pyridine rings is 1. The van der Waals surface area contributed by atoms with Crippen LogP contribution < -0.4 is 10.5 Å². The molecule has 0 spiro atoms. The fourth-order valence-electron chi connectivity index (χ4n) is 2.98. The zero-order chi connectivity index (χ0) is 16.3. The highest BCUT2D eigenvalue weighted by Crippen LogP contribution is 2.40. The number of hydrogen-bond acceptors (Lipinski definition) is 3. The summed E-state index contributed by atoms with van der Waals surface area (Å²) in [7, 11) is 1.56. The molecule has 2 N–H and O–H groups in total. The molecule has 0 aromatic carbocycles. The van der Waals surface area contributed by atoms with Crippen molar-refractivity contribution >= 4 is 11.9 Å². The lowest BCUT2D eigenvalue weighted by Gasteiger charge is -2.28. The summed E-state index contributed by atoms with van der Waals surface area (Å²) in [6, 6.07) is 1.71. The number of methoxy groups -OCH3 is 1. The van der Waals surface area contributed by atoms with E-state index in [-0.39, 0.29) is 18.8 Å². The number of alkyl halides is 3. The van der Waals surface area contributed by atoms with E-state index >= 15 is 0 Å². The number of hydrogen-bond donors (Lipinski definition) is 1. The molecule has 1 heterocycles. The van der Waals surface area contributed by atoms with E-state index in [2.05, 4.69) is 4.98 Å². The summed E-state index contributed by atoms with van der Waals surface area (Å²) in [4.78, 5) is 4.13. The van der Waals surface area contributed by atoms with Gasteiger partial charge in [-0.15, -0.1) is 0 Å². The van der Waals surface area contributed by atoms with Crippen molar-refractivity contribution in [2.45, 2.75) is 38.8 Å². The molecule has 0 unspecified atom stereocenters. The highest BCUT2D eigenvalue weighted by atomic mass is 19.4. The molecule has 122 valence electrons. The average Bonchev–Trinajstić information content (AvgIpc) is 2.44. The fourth-order valence-corrected chi connectivity index (χ4v) is 2.98. The summed E-state index contributed by atoms with van der Waals surface area (Å²) in [6.07, 6.45) is 1.30. The Bertz CT molecular complexity index is 547. The molecule has 6 heteroatoms. The molecule has 0 aliphatic heterocycles. The Morgan fingerprint density at radius 3 is 2.45 bits per heavy atom. The van der Waals surface area contributed by atoms with Crippen LogP contribution in [0.5, 0.6) is 5.75 Å². The Morgan fingerprint density at radius 2 is 1.91 bits per heavy atom. The van der Waals surface area contributed by atoms with E-state index in [0.717, 1.165) is 5.56 Å². The Hall–Kier alpha value is -1.72. The van der Waals surface area contributed by atoms with E-state index in [1.165, 1.54) is 0 Å². The van der Waals surface area contributed by atoms with Gasteiger partial charge < -0.3 is 10.5 Å². The van der Waals surface area contributed by atoms with Gasteiger partial charge in [-0.25, -0.2) is 4.98 Å². The first-order valence-electron chi connectivity index (χ1n) is 7.37. The molecule has 0 atom stereocenters. The van der Waals surface area contributed by atoms with Crippen LogP contribution in [0.25, 0.3) is 6.08 Å². The second-order valence-corrected chi connectivity index (χ2v) is 5.77. The van der Waals surface area contributed by atoms with Crippen LogP contribution in [0.4, 0.5) is 19.0 Å². The summed E-state index contributed by atoms with van der Waals surface area (Å²) < 4.78 is 43.3. The van der Waals surface area contributed by atoms with E-state index in [4.69, 9.17) is 10.5 Å². The molecule has 1 saturated carbocycles. The van der Waals surface area contributed by atoms with Crippen LogP contribution in [-0.2, 0) is 0 Å². The summed E-state index contributed by atoms with van der Waals surface area (Å²) in [5, 5.41) is 0. The zero-order valence-electron chi connectivity index (χ0n) is 12.8. The number of nitrogens with two attached hydrogens (primary N) is 1. The van der Waals surface area contributed by atoms with Crippen LogP contribution in [0.3, 0.4) is 0 Å². The van der Waals surface area contributed by atoms with Gasteiger partial charge in [0.25, 0.3) is 0 Å². The van der Waals surface area contributed by atoms with Crippen molar-refractivity contribution in [3.63, 3.8) is 0 Å². The lowest BCUT2D eigenvalue weighted by Crippen LogP contribution is -2.27. The highest BCUT2D eigenvalue weighted by molar-refractivity contribution is 5.62. The molecule has 0 bridgehead atoms. The Balaban J connectivity index is 2.05. The molecule has 3 nitrogen and oxygen atoms in total. The average molecular weight is 314 g/mol. The molecule has 1 aliphatic carbocycles. The quantitative estimate of drug-likeness (QED) is 0.901. The van der Waals surface area contributed by atoms with Crippen molar-refractivity contribution in [3.8, 4) is 5.75 Å². The number of anilines is 1. The van der Waals surface area contributed by atoms with Gasteiger partial charge in [-0.3, -0.25) is 0 Å². The number of nitrogens with zero attached hydrogens (tertiary/aromatic N) is 1. The molecule has 2 rings (SSSR count). The van der Waals surface area contributed by atoms with E-state index in [1.54, 1.807) is 20.1 Å². The van der Waals surface area contributed by atoms with Crippen molar-refractivity contribution < 1.29 is 17.9 Å². The molecule has 1 fully saturated rings. The smallest absolute Gasteiger partial charge is 0.391 e. The van der Waals surface area contributed by atoms with Crippen LogP contribution in [0.1, 0.15) is 36.9 Å². The zero-order valence-corrected chi connectivity index (χ0v) is 12.8. The van der Waals surface area contributed by atoms with Crippen LogP contribution >= 0.6 is 0 Å². The van der Waals surface area contributed by atoms with E-state index in [0.29, 0.717) is 30.1 Å². The topological polar surface area (TPSA) is 48.1 Å². The SMILES string of the molecule is COc1c(/C=C/C2CCC(C(F)(F)F)CC2)cc(N)nc1C. The van der Waals surface area contributed by atoms with Crippen molar-refractivity contribution in [2.75, 3.05) is 12.8 Å². The molecular weight excluding hydrogens is 293 g/mol. The normalized spacial score (nSPS) is 23.0. The molecule has 0 amide bonds. The predicted octanol–water partition coefficient (Wildman–Crippen LogP) is 4.36. The van der Waals surface area contributed by atoms with Gasteiger partial charge in [0.15, 0.2) is 0 Å². The van der Waals surface area contributed by atoms with Gasteiger partial charge in [-0.2, -0.15) is 13.2 Å². The van der Waals surface area contributed by atoms with Crippen LogP contribution in [0.2, 0.25) is 0 Å². The molecule has 1 aromatic heterocycles. The maximum absolute atomic E-state index is 12.7. The largest absolute Gasteiger partial charge is 0.494 e. The maximum Gasteiger partial charge on any atom is 0.391 e. The molecule has 0 radical (unpaired) electrons. The van der Waals surface area contributed by atoms with Gasteiger partial charge in [0, 0.05) is 5.56 Å². The minimum atomic E-state index is -4.06. The first kappa shape index (κ1) is 16.6. The molecule has 1 aromatic rings. The summed E-state index contributed by atoms with van der Waals surface area (Å²) in [5.41, 5.74) is 7.24. The number of allylic oxidation sites excluding steroid dienone is 1. The molecule has 0 saturated heterocycles. The second-order valence-electron chi connectivity index (χ2n) is 5.77.